The summed E-state index contributed by atoms with van der Waals surface area (Å²) < 4.78 is 5.60. The van der Waals surface area contributed by atoms with E-state index in [1.807, 2.05) is 0 Å². The molecule has 0 unspecified atom stereocenters. The summed E-state index contributed by atoms with van der Waals surface area (Å²) in [5.74, 6) is 1.02. The van der Waals surface area contributed by atoms with Crippen LogP contribution in [-0.4, -0.2) is 18.5 Å². The summed E-state index contributed by atoms with van der Waals surface area (Å²) in [6.07, 6.45) is 8.32. The highest BCUT2D eigenvalue weighted by Gasteiger charge is 2.16. The topological polar surface area (TPSA) is 9.23 Å². The first-order chi connectivity index (χ1) is 5.43. The molecule has 2 heteroatoms. The van der Waals surface area contributed by atoms with Crippen LogP contribution in [-0.2, 0) is 4.74 Å². The van der Waals surface area contributed by atoms with Crippen molar-refractivity contribution in [1.29, 1.82) is 0 Å². The summed E-state index contributed by atoms with van der Waals surface area (Å²) in [4.78, 5) is 0. The summed E-state index contributed by atoms with van der Waals surface area (Å²) >= 11 is 4.15. The van der Waals surface area contributed by atoms with Crippen molar-refractivity contribution < 1.29 is 4.74 Å². The fraction of sp³-hybridized carbons (Fsp3) is 1.00. The van der Waals surface area contributed by atoms with E-state index in [4.69, 9.17) is 4.74 Å². The molecular formula is C9H18OS. The van der Waals surface area contributed by atoms with Gasteiger partial charge in [0, 0.05) is 6.61 Å². The first-order valence-corrected chi connectivity index (χ1v) is 5.29. The Morgan fingerprint density at radius 1 is 1.18 bits per heavy atom. The highest BCUT2D eigenvalue weighted by Crippen LogP contribution is 2.21. The van der Waals surface area contributed by atoms with Crippen LogP contribution in [0.15, 0.2) is 0 Å². The monoisotopic (exact) mass is 174 g/mol. The molecule has 0 N–H and O–H groups in total. The van der Waals surface area contributed by atoms with Gasteiger partial charge in [0.15, 0.2) is 0 Å². The third-order valence-corrected chi connectivity index (χ3v) is 2.52. The Morgan fingerprint density at radius 2 is 2.00 bits per heavy atom. The molecule has 0 spiro atoms. The van der Waals surface area contributed by atoms with E-state index >= 15 is 0 Å². The third kappa shape index (κ3) is 4.02. The number of rotatable bonds is 6. The zero-order valence-electron chi connectivity index (χ0n) is 7.09. The van der Waals surface area contributed by atoms with Crippen LogP contribution in [0.25, 0.3) is 0 Å². The van der Waals surface area contributed by atoms with Gasteiger partial charge in [0.2, 0.25) is 0 Å². The summed E-state index contributed by atoms with van der Waals surface area (Å²) in [5.41, 5.74) is 0. The fourth-order valence-electron chi connectivity index (χ4n) is 1.18. The SMILES string of the molecule is SCCCCCOC1CCC1. The van der Waals surface area contributed by atoms with E-state index in [0.29, 0.717) is 6.10 Å². The summed E-state index contributed by atoms with van der Waals surface area (Å²) in [5, 5.41) is 0. The van der Waals surface area contributed by atoms with Gasteiger partial charge in [-0.15, -0.1) is 0 Å². The molecular weight excluding hydrogens is 156 g/mol. The minimum Gasteiger partial charge on any atom is -0.378 e. The molecule has 1 aliphatic rings. The Kier molecular flexibility index (Phi) is 5.04. The van der Waals surface area contributed by atoms with Gasteiger partial charge in [-0.25, -0.2) is 0 Å². The van der Waals surface area contributed by atoms with Gasteiger partial charge in [0.05, 0.1) is 6.10 Å². The van der Waals surface area contributed by atoms with Gasteiger partial charge >= 0.3 is 0 Å². The van der Waals surface area contributed by atoms with Gasteiger partial charge in [-0.2, -0.15) is 12.6 Å². The van der Waals surface area contributed by atoms with Crippen molar-refractivity contribution in [2.45, 2.75) is 44.6 Å². The Hall–Kier alpha value is 0.310. The van der Waals surface area contributed by atoms with Crippen LogP contribution in [0.2, 0.25) is 0 Å². The van der Waals surface area contributed by atoms with Crippen LogP contribution in [0.4, 0.5) is 0 Å². The lowest BCUT2D eigenvalue weighted by molar-refractivity contribution is 0.000775. The van der Waals surface area contributed by atoms with E-state index in [9.17, 15) is 0 Å². The molecule has 1 saturated carbocycles. The average Bonchev–Trinajstić information content (AvgIpc) is 1.93. The van der Waals surface area contributed by atoms with Gasteiger partial charge < -0.3 is 4.74 Å². The van der Waals surface area contributed by atoms with Crippen molar-refractivity contribution in [2.75, 3.05) is 12.4 Å². The number of thiol groups is 1. The summed E-state index contributed by atoms with van der Waals surface area (Å²) in [7, 11) is 0. The molecule has 1 rings (SSSR count). The van der Waals surface area contributed by atoms with E-state index in [0.717, 1.165) is 12.4 Å². The molecule has 0 aromatic rings. The maximum atomic E-state index is 5.60. The van der Waals surface area contributed by atoms with Crippen LogP contribution in [0.1, 0.15) is 38.5 Å². The molecule has 0 aromatic carbocycles. The number of ether oxygens (including phenoxy) is 1. The second kappa shape index (κ2) is 5.90. The van der Waals surface area contributed by atoms with Crippen molar-refractivity contribution in [3.63, 3.8) is 0 Å². The molecule has 1 nitrogen and oxygen atoms in total. The normalized spacial score (nSPS) is 18.3. The number of hydrogen-bond acceptors (Lipinski definition) is 2. The van der Waals surface area contributed by atoms with E-state index in [1.54, 1.807) is 0 Å². The molecule has 1 aliphatic carbocycles. The second-order valence-corrected chi connectivity index (χ2v) is 3.66. The molecule has 0 amide bonds. The first kappa shape index (κ1) is 9.40. The maximum Gasteiger partial charge on any atom is 0.0575 e. The molecule has 0 radical (unpaired) electrons. The van der Waals surface area contributed by atoms with Crippen LogP contribution in [0, 0.1) is 0 Å². The summed E-state index contributed by atoms with van der Waals surface area (Å²) in [6.45, 7) is 0.971. The van der Waals surface area contributed by atoms with Crippen molar-refractivity contribution >= 4 is 12.6 Å². The molecule has 0 aliphatic heterocycles. The van der Waals surface area contributed by atoms with Gasteiger partial charge in [0.25, 0.3) is 0 Å². The van der Waals surface area contributed by atoms with Crippen LogP contribution in [0.5, 0.6) is 0 Å². The van der Waals surface area contributed by atoms with E-state index in [2.05, 4.69) is 12.6 Å². The largest absolute Gasteiger partial charge is 0.378 e. The Bertz CT molecular complexity index is 91.6. The van der Waals surface area contributed by atoms with Crippen LogP contribution < -0.4 is 0 Å². The maximum absolute atomic E-state index is 5.60. The van der Waals surface area contributed by atoms with E-state index < -0.39 is 0 Å². The lowest BCUT2D eigenvalue weighted by Gasteiger charge is -2.25. The molecule has 0 aromatic heterocycles. The average molecular weight is 174 g/mol. The standard InChI is InChI=1S/C9H18OS/c11-8-3-1-2-7-10-9-5-4-6-9/h9,11H,1-8H2. The highest BCUT2D eigenvalue weighted by atomic mass is 32.1. The molecule has 0 saturated heterocycles. The third-order valence-electron chi connectivity index (χ3n) is 2.21. The molecule has 11 heavy (non-hydrogen) atoms. The van der Waals surface area contributed by atoms with E-state index in [1.165, 1.54) is 38.5 Å². The molecule has 0 heterocycles. The lowest BCUT2D eigenvalue weighted by atomic mass is 9.96. The predicted molar refractivity (Wildman–Crippen MR) is 51.3 cm³/mol. The lowest BCUT2D eigenvalue weighted by Crippen LogP contribution is -2.21. The van der Waals surface area contributed by atoms with Crippen molar-refractivity contribution in [1.82, 2.24) is 0 Å². The van der Waals surface area contributed by atoms with Gasteiger partial charge in [-0.3, -0.25) is 0 Å². The summed E-state index contributed by atoms with van der Waals surface area (Å²) in [6, 6.07) is 0. The number of unbranched alkanes of at least 4 members (excludes halogenated alkanes) is 2. The van der Waals surface area contributed by atoms with Crippen molar-refractivity contribution in [3.8, 4) is 0 Å². The quantitative estimate of drug-likeness (QED) is 0.481. The molecule has 1 fully saturated rings. The fourth-order valence-corrected chi connectivity index (χ4v) is 1.40. The Balaban J connectivity index is 1.73. The highest BCUT2D eigenvalue weighted by molar-refractivity contribution is 7.80. The van der Waals surface area contributed by atoms with Gasteiger partial charge in [0.1, 0.15) is 0 Å². The van der Waals surface area contributed by atoms with Crippen LogP contribution in [0.3, 0.4) is 0 Å². The Labute approximate surface area is 74.9 Å². The molecule has 0 atom stereocenters. The van der Waals surface area contributed by atoms with E-state index in [-0.39, 0.29) is 0 Å². The van der Waals surface area contributed by atoms with Crippen LogP contribution >= 0.6 is 12.6 Å². The zero-order chi connectivity index (χ0) is 7.94. The molecule has 66 valence electrons. The van der Waals surface area contributed by atoms with Gasteiger partial charge in [-0.1, -0.05) is 6.42 Å². The zero-order valence-corrected chi connectivity index (χ0v) is 7.98. The Morgan fingerprint density at radius 3 is 2.55 bits per heavy atom. The minimum atomic E-state index is 0.617. The molecule has 0 bridgehead atoms. The van der Waals surface area contributed by atoms with Crippen molar-refractivity contribution in [3.05, 3.63) is 0 Å². The number of hydrogen-bond donors (Lipinski definition) is 1. The predicted octanol–water partition coefficient (Wildman–Crippen LogP) is 2.66. The smallest absolute Gasteiger partial charge is 0.0575 e. The second-order valence-electron chi connectivity index (χ2n) is 3.21. The van der Waals surface area contributed by atoms with Gasteiger partial charge in [-0.05, 0) is 37.9 Å². The van der Waals surface area contributed by atoms with Crippen molar-refractivity contribution in [2.24, 2.45) is 0 Å². The first-order valence-electron chi connectivity index (χ1n) is 4.66. The minimum absolute atomic E-state index is 0.617.